The van der Waals surface area contributed by atoms with Gasteiger partial charge in [0.1, 0.15) is 35.5 Å². The molecule has 3 aromatic rings. The molecule has 3 aromatic heterocycles. The topological polar surface area (TPSA) is 244 Å². The number of β-lactam (4-membered cyclic amide) rings is 1. The van der Waals surface area contributed by atoms with Crippen LogP contribution in [0.3, 0.4) is 0 Å². The van der Waals surface area contributed by atoms with Crippen molar-refractivity contribution in [2.24, 2.45) is 0 Å². The van der Waals surface area contributed by atoms with Gasteiger partial charge in [0.05, 0.1) is 32.6 Å². The Labute approximate surface area is 258 Å². The second kappa shape index (κ2) is 11.9. The Bertz CT molecular complexity index is 1720. The lowest BCUT2D eigenvalue weighted by Gasteiger charge is -2.50. The maximum Gasteiger partial charge on any atom is 0.336 e. The van der Waals surface area contributed by atoms with Crippen molar-refractivity contribution in [2.75, 3.05) is 37.9 Å². The summed E-state index contributed by atoms with van der Waals surface area (Å²) < 4.78 is 39.3. The van der Waals surface area contributed by atoms with Crippen molar-refractivity contribution in [1.82, 2.24) is 34.5 Å². The van der Waals surface area contributed by atoms with Crippen LogP contribution in [0.1, 0.15) is 4.88 Å². The Morgan fingerprint density at radius 1 is 1.32 bits per heavy atom. The summed E-state index contributed by atoms with van der Waals surface area (Å²) in [5.74, 6) is -0.330. The summed E-state index contributed by atoms with van der Waals surface area (Å²) in [7, 11) is -4.40. The van der Waals surface area contributed by atoms with E-state index in [4.69, 9.17) is 14.7 Å². The summed E-state index contributed by atoms with van der Waals surface area (Å²) in [5.41, 5.74) is 4.81. The van der Waals surface area contributed by atoms with Crippen LogP contribution in [0.15, 0.2) is 41.4 Å². The molecule has 44 heavy (non-hydrogen) atoms. The summed E-state index contributed by atoms with van der Waals surface area (Å²) in [6.07, 6.45) is -0.325. The lowest BCUT2D eigenvalue weighted by molar-refractivity contribution is -0.146. The number of carbonyl (C=O) groups excluding carboxylic acids is 2. The predicted molar refractivity (Wildman–Crippen MR) is 156 cm³/mol. The average molecular weight is 669 g/mol. The van der Waals surface area contributed by atoms with E-state index in [-0.39, 0.29) is 47.3 Å². The molecule has 3 aliphatic heterocycles. The molecular formula is C24H28N8O9S3. The van der Waals surface area contributed by atoms with E-state index in [0.717, 1.165) is 4.88 Å². The summed E-state index contributed by atoms with van der Waals surface area (Å²) >= 11 is 2.77. The van der Waals surface area contributed by atoms with Crippen LogP contribution in [0.5, 0.6) is 0 Å². The van der Waals surface area contributed by atoms with Crippen LogP contribution in [-0.4, -0.2) is 116 Å². The van der Waals surface area contributed by atoms with E-state index in [2.05, 4.69) is 25.0 Å². The number of rotatable bonds is 11. The molecule has 6 heterocycles. The van der Waals surface area contributed by atoms with Gasteiger partial charge in [0.25, 0.3) is 5.91 Å². The van der Waals surface area contributed by atoms with Gasteiger partial charge in [0.15, 0.2) is 17.2 Å². The number of imidazole rings is 1. The number of hydrogen-bond acceptors (Lipinski definition) is 15. The van der Waals surface area contributed by atoms with Gasteiger partial charge in [-0.2, -0.15) is 13.1 Å². The van der Waals surface area contributed by atoms with Crippen molar-refractivity contribution >= 4 is 62.2 Å². The minimum atomic E-state index is -4.40. The van der Waals surface area contributed by atoms with Gasteiger partial charge in [-0.15, -0.1) is 23.1 Å². The van der Waals surface area contributed by atoms with Gasteiger partial charge in [0, 0.05) is 22.9 Å². The SMILES string of the molecule is Nc1ncnc2c1ncn2[C@]1(O)CO[C@H](COS(=O)(=O)NCC2=C(CO)N3C(=O)[C@@H](NC(=O)Cc4cccs4)[C@H]3SC2)[C@H]1O. The highest BCUT2D eigenvalue weighted by molar-refractivity contribution is 8.00. The second-order valence-electron chi connectivity index (χ2n) is 10.2. The molecule has 0 saturated carbocycles. The van der Waals surface area contributed by atoms with Gasteiger partial charge in [-0.3, -0.25) is 23.2 Å². The zero-order valence-corrected chi connectivity index (χ0v) is 25.2. The Balaban J connectivity index is 1.04. The number of carbonyl (C=O) groups is 2. The molecule has 0 aliphatic carbocycles. The van der Waals surface area contributed by atoms with Crippen molar-refractivity contribution in [1.29, 1.82) is 0 Å². The lowest BCUT2D eigenvalue weighted by Crippen LogP contribution is -2.70. The minimum Gasteiger partial charge on any atom is -0.390 e. The zero-order valence-electron chi connectivity index (χ0n) is 22.8. The molecular weight excluding hydrogens is 641 g/mol. The van der Waals surface area contributed by atoms with Crippen molar-refractivity contribution in [3.8, 4) is 0 Å². The van der Waals surface area contributed by atoms with Gasteiger partial charge in [-0.1, -0.05) is 6.07 Å². The third-order valence-corrected chi connectivity index (χ3v) is 10.7. The number of aliphatic hydroxyl groups excluding tert-OH is 2. The van der Waals surface area contributed by atoms with E-state index in [1.54, 1.807) is 0 Å². The summed E-state index contributed by atoms with van der Waals surface area (Å²) in [6, 6.07) is 2.91. The first kappa shape index (κ1) is 30.8. The number of aromatic nitrogens is 4. The molecule has 0 aromatic carbocycles. The van der Waals surface area contributed by atoms with Gasteiger partial charge in [0.2, 0.25) is 5.91 Å². The quantitative estimate of drug-likeness (QED) is 0.117. The smallest absolute Gasteiger partial charge is 0.336 e. The van der Waals surface area contributed by atoms with Crippen molar-refractivity contribution in [3.63, 3.8) is 0 Å². The molecule has 3 aliphatic rings. The molecule has 20 heteroatoms. The Kier molecular flexibility index (Phi) is 8.36. The van der Waals surface area contributed by atoms with E-state index in [1.807, 2.05) is 17.5 Å². The number of anilines is 1. The van der Waals surface area contributed by atoms with Gasteiger partial charge >= 0.3 is 10.3 Å². The van der Waals surface area contributed by atoms with E-state index in [0.29, 0.717) is 5.57 Å². The molecule has 0 spiro atoms. The van der Waals surface area contributed by atoms with Crippen LogP contribution in [0.2, 0.25) is 0 Å². The Morgan fingerprint density at radius 3 is 2.89 bits per heavy atom. The fourth-order valence-electron chi connectivity index (χ4n) is 5.20. The molecule has 0 bridgehead atoms. The van der Waals surface area contributed by atoms with E-state index in [9.17, 15) is 33.3 Å². The van der Waals surface area contributed by atoms with Crippen LogP contribution in [0, 0.1) is 0 Å². The average Bonchev–Trinajstić information content (AvgIpc) is 3.74. The molecule has 7 N–H and O–H groups in total. The molecule has 2 amide bonds. The fraction of sp³-hybridized carbons (Fsp3) is 0.458. The predicted octanol–water partition coefficient (Wildman–Crippen LogP) is -2.39. The normalized spacial score (nSPS) is 27.1. The second-order valence-corrected chi connectivity index (χ2v) is 13.8. The van der Waals surface area contributed by atoms with Gasteiger partial charge in [-0.05, 0) is 17.0 Å². The van der Waals surface area contributed by atoms with Crippen LogP contribution in [0.4, 0.5) is 5.82 Å². The van der Waals surface area contributed by atoms with Crippen LogP contribution in [-0.2, 0) is 41.0 Å². The number of nitrogens with one attached hydrogen (secondary N) is 2. The third-order valence-electron chi connectivity index (χ3n) is 7.52. The number of aliphatic hydroxyl groups is 3. The third kappa shape index (κ3) is 5.56. The number of hydrogen-bond donors (Lipinski definition) is 6. The molecule has 2 fully saturated rings. The highest BCUT2D eigenvalue weighted by Gasteiger charge is 2.53. The van der Waals surface area contributed by atoms with Crippen LogP contribution in [0.25, 0.3) is 11.2 Å². The van der Waals surface area contributed by atoms with Gasteiger partial charge < -0.3 is 31.1 Å². The number of thioether (sulfide) groups is 1. The fourth-order valence-corrected chi connectivity index (χ4v) is 8.05. The number of nitrogens with zero attached hydrogens (tertiary/aromatic N) is 5. The molecule has 236 valence electrons. The first-order chi connectivity index (χ1) is 21.0. The molecule has 17 nitrogen and oxygen atoms in total. The van der Waals surface area contributed by atoms with Crippen molar-refractivity contribution in [2.45, 2.75) is 35.8 Å². The van der Waals surface area contributed by atoms with E-state index in [1.165, 1.54) is 45.2 Å². The molecule has 5 atom stereocenters. The first-order valence-corrected chi connectivity index (χ1v) is 16.5. The van der Waals surface area contributed by atoms with E-state index < -0.39 is 65.4 Å². The zero-order chi connectivity index (χ0) is 31.2. The summed E-state index contributed by atoms with van der Waals surface area (Å²) in [4.78, 5) is 39.5. The molecule has 6 rings (SSSR count). The monoisotopic (exact) mass is 668 g/mol. The number of nitrogen functional groups attached to an aromatic ring is 1. The maximum atomic E-state index is 12.9. The maximum absolute atomic E-state index is 12.9. The van der Waals surface area contributed by atoms with Gasteiger partial charge in [-0.25, -0.2) is 15.0 Å². The highest BCUT2D eigenvalue weighted by atomic mass is 32.2. The number of fused-ring (bicyclic) bond motifs is 2. The molecule has 0 unspecified atom stereocenters. The summed E-state index contributed by atoms with van der Waals surface area (Å²) in [5, 5.41) is 36.2. The van der Waals surface area contributed by atoms with Crippen molar-refractivity contribution < 1.29 is 42.2 Å². The van der Waals surface area contributed by atoms with E-state index >= 15 is 0 Å². The largest absolute Gasteiger partial charge is 0.390 e. The summed E-state index contributed by atoms with van der Waals surface area (Å²) in [6.45, 7) is -1.84. The first-order valence-electron chi connectivity index (χ1n) is 13.2. The standard InChI is InChI=1S/C24H28N8O9S3/c25-20-17-21(27-10-26-20)31(11-28-17)24(37)9-40-15(19(24)35)7-41-44(38,39)29-5-12-8-43-23-18(22(36)32(23)14(12)6-33)30-16(34)4-13-2-1-3-42-13/h1-3,10-11,15,18-19,23,29,33,35,37H,4-9H2,(H,30,34)(H2,25,26,27)/t15-,18-,19-,23-,24+/m1/s1. The number of thiophene rings is 1. The molecule has 2 saturated heterocycles. The molecule has 0 radical (unpaired) electrons. The number of ether oxygens (including phenoxy) is 1. The van der Waals surface area contributed by atoms with Crippen molar-refractivity contribution in [3.05, 3.63) is 46.3 Å². The van der Waals surface area contributed by atoms with Crippen LogP contribution >= 0.6 is 23.1 Å². The Hall–Kier alpha value is -3.21. The number of amides is 2. The minimum absolute atomic E-state index is 0.0732. The highest BCUT2D eigenvalue weighted by Crippen LogP contribution is 2.40. The Morgan fingerprint density at radius 2 is 2.14 bits per heavy atom. The number of nitrogens with two attached hydrogens (primary N) is 1. The lowest BCUT2D eigenvalue weighted by atomic mass is 10.0. The van der Waals surface area contributed by atoms with Crippen LogP contribution < -0.4 is 15.8 Å².